The molecule has 10 rings (SSSR count). The van der Waals surface area contributed by atoms with Crippen molar-refractivity contribution in [2.45, 2.75) is 0 Å². The van der Waals surface area contributed by atoms with Crippen LogP contribution >= 0.6 is 0 Å². The van der Waals surface area contributed by atoms with Crippen LogP contribution in [0.15, 0.2) is 171 Å². The Morgan fingerprint density at radius 1 is 0.400 bits per heavy atom. The van der Waals surface area contributed by atoms with E-state index in [2.05, 4.69) is 76.6 Å². The molecule has 6 aromatic carbocycles. The van der Waals surface area contributed by atoms with Crippen molar-refractivity contribution < 1.29 is 13.3 Å². The quantitative estimate of drug-likeness (QED) is 0.178. The van der Waals surface area contributed by atoms with Crippen LogP contribution in [-0.4, -0.2) is 15.0 Å². The Balaban J connectivity index is 1.02. The Kier molecular flexibility index (Phi) is 6.35. The summed E-state index contributed by atoms with van der Waals surface area (Å²) in [6, 6.07) is 49.0. The maximum absolute atomic E-state index is 6.14. The number of benzene rings is 6. The molecule has 10 aromatic rings. The van der Waals surface area contributed by atoms with Crippen molar-refractivity contribution in [3.05, 3.63) is 158 Å². The highest BCUT2D eigenvalue weighted by Gasteiger charge is 2.17. The molecule has 0 saturated carbocycles. The van der Waals surface area contributed by atoms with Crippen LogP contribution in [0.3, 0.4) is 0 Å². The Morgan fingerprint density at radius 2 is 0.920 bits per heavy atom. The van der Waals surface area contributed by atoms with Crippen LogP contribution in [0.1, 0.15) is 0 Å². The van der Waals surface area contributed by atoms with Crippen LogP contribution in [0.5, 0.6) is 0 Å². The molecule has 0 spiro atoms. The van der Waals surface area contributed by atoms with E-state index >= 15 is 0 Å². The second-order valence-electron chi connectivity index (χ2n) is 12.1. The number of fused-ring (bicyclic) bond motifs is 5. The Hall–Kier alpha value is -6.99. The molecule has 0 aliphatic heterocycles. The molecule has 4 heterocycles. The van der Waals surface area contributed by atoms with Gasteiger partial charge in [0.1, 0.15) is 22.2 Å². The molecule has 0 aliphatic rings. The lowest BCUT2D eigenvalue weighted by atomic mass is 10.0. The van der Waals surface area contributed by atoms with Crippen molar-refractivity contribution in [3.8, 4) is 34.0 Å². The van der Waals surface area contributed by atoms with Gasteiger partial charge in [0.2, 0.25) is 11.8 Å². The van der Waals surface area contributed by atoms with Crippen LogP contribution < -0.4 is 4.90 Å². The van der Waals surface area contributed by atoms with Crippen molar-refractivity contribution in [2.75, 3.05) is 4.90 Å². The van der Waals surface area contributed by atoms with E-state index in [0.29, 0.717) is 11.8 Å². The minimum atomic E-state index is 0.592. The molecule has 0 fully saturated rings. The first-order valence-electron chi connectivity index (χ1n) is 16.3. The first kappa shape index (κ1) is 28.1. The summed E-state index contributed by atoms with van der Waals surface area (Å²) in [7, 11) is 0. The van der Waals surface area contributed by atoms with Gasteiger partial charge in [0, 0.05) is 51.4 Å². The van der Waals surface area contributed by atoms with Gasteiger partial charge in [0.15, 0.2) is 11.2 Å². The molecule has 0 unspecified atom stereocenters. The first-order valence-corrected chi connectivity index (χ1v) is 16.3. The molecule has 7 nitrogen and oxygen atoms in total. The Bertz CT molecular complexity index is 2630. The zero-order chi connectivity index (χ0) is 33.0. The summed E-state index contributed by atoms with van der Waals surface area (Å²) in [4.78, 5) is 15.9. The van der Waals surface area contributed by atoms with Crippen molar-refractivity contribution >= 4 is 61.2 Å². The summed E-state index contributed by atoms with van der Waals surface area (Å²) < 4.78 is 18.2. The van der Waals surface area contributed by atoms with Crippen molar-refractivity contribution in [1.29, 1.82) is 0 Å². The normalized spacial score (nSPS) is 11.6. The summed E-state index contributed by atoms with van der Waals surface area (Å²) >= 11 is 0. The van der Waals surface area contributed by atoms with Gasteiger partial charge in [-0.25, -0.2) is 9.97 Å². The highest BCUT2D eigenvalue weighted by atomic mass is 16.4. The van der Waals surface area contributed by atoms with Gasteiger partial charge < -0.3 is 18.2 Å². The van der Waals surface area contributed by atoms with E-state index in [9.17, 15) is 0 Å². The first-order chi connectivity index (χ1) is 24.7. The van der Waals surface area contributed by atoms with E-state index in [0.717, 1.165) is 83.5 Å². The number of anilines is 3. The van der Waals surface area contributed by atoms with E-state index in [4.69, 9.17) is 23.2 Å². The zero-order valence-corrected chi connectivity index (χ0v) is 26.5. The number of para-hydroxylation sites is 4. The number of nitrogens with zero attached hydrogens (tertiary/aromatic N) is 4. The molecule has 0 N–H and O–H groups in total. The highest BCUT2D eigenvalue weighted by Crippen LogP contribution is 2.39. The van der Waals surface area contributed by atoms with Crippen LogP contribution in [0.4, 0.5) is 17.1 Å². The molecule has 0 aliphatic carbocycles. The molecule has 50 heavy (non-hydrogen) atoms. The third-order valence-electron chi connectivity index (χ3n) is 9.06. The fraction of sp³-hybridized carbons (Fsp3) is 0. The predicted octanol–water partition coefficient (Wildman–Crippen LogP) is 11.7. The van der Waals surface area contributed by atoms with Gasteiger partial charge in [-0.15, -0.1) is 0 Å². The number of furan rings is 1. The Labute approximate surface area is 285 Å². The van der Waals surface area contributed by atoms with Gasteiger partial charge in [-0.05, 0) is 114 Å². The zero-order valence-electron chi connectivity index (χ0n) is 26.5. The average molecular weight is 647 g/mol. The molecule has 0 bridgehead atoms. The lowest BCUT2D eigenvalue weighted by Gasteiger charge is -2.26. The van der Waals surface area contributed by atoms with Crippen LogP contribution in [-0.2, 0) is 0 Å². The third kappa shape index (κ3) is 4.79. The maximum Gasteiger partial charge on any atom is 0.227 e. The Morgan fingerprint density at radius 3 is 1.48 bits per heavy atom. The summed E-state index contributed by atoms with van der Waals surface area (Å²) in [5, 5.41) is 2.08. The molecule has 0 saturated heterocycles. The SMILES string of the molecule is c1ccc2oc(-c3ccc(N(c4ccc(-c5ccc6c(c5)oc5ccncc56)cc4)c4ccc(-c5nc6ccccc6o5)cc4)cc3)nc2c1. The van der Waals surface area contributed by atoms with E-state index in [1.807, 2.05) is 85.1 Å². The van der Waals surface area contributed by atoms with Gasteiger partial charge >= 0.3 is 0 Å². The standard InChI is InChI=1S/C43H26N4O3/c1-3-7-39-36(5-1)45-42(49-39)28-11-18-32(19-12-28)47(33-20-13-29(14-21-33)43-46-37-6-2-4-8-40(37)50-43)31-16-9-27(10-17-31)30-15-22-34-35-26-44-24-23-38(35)48-41(34)25-30/h1-26H. The second-order valence-corrected chi connectivity index (χ2v) is 12.1. The molecule has 4 aromatic heterocycles. The van der Waals surface area contributed by atoms with Crippen molar-refractivity contribution in [1.82, 2.24) is 15.0 Å². The number of hydrogen-bond acceptors (Lipinski definition) is 7. The molecular formula is C43H26N4O3. The summed E-state index contributed by atoms with van der Waals surface area (Å²) in [6.07, 6.45) is 3.60. The highest BCUT2D eigenvalue weighted by molar-refractivity contribution is 6.05. The topological polar surface area (TPSA) is 81.3 Å². The van der Waals surface area contributed by atoms with E-state index in [1.54, 1.807) is 6.20 Å². The average Bonchev–Trinajstić information content (AvgIpc) is 3.91. The van der Waals surface area contributed by atoms with Crippen LogP contribution in [0.2, 0.25) is 0 Å². The predicted molar refractivity (Wildman–Crippen MR) is 198 cm³/mol. The van der Waals surface area contributed by atoms with Gasteiger partial charge in [-0.2, -0.15) is 0 Å². The summed E-state index contributed by atoms with van der Waals surface area (Å²) in [6.45, 7) is 0. The van der Waals surface area contributed by atoms with Gasteiger partial charge in [0.25, 0.3) is 0 Å². The lowest BCUT2D eigenvalue weighted by molar-refractivity contribution is 0.619. The van der Waals surface area contributed by atoms with Crippen molar-refractivity contribution in [3.63, 3.8) is 0 Å². The number of rotatable bonds is 6. The number of hydrogen-bond donors (Lipinski definition) is 0. The minimum absolute atomic E-state index is 0.592. The molecule has 7 heteroatoms. The van der Waals surface area contributed by atoms with Crippen molar-refractivity contribution in [2.24, 2.45) is 0 Å². The molecular weight excluding hydrogens is 620 g/mol. The molecule has 0 atom stereocenters. The molecule has 0 radical (unpaired) electrons. The summed E-state index contributed by atoms with van der Waals surface area (Å²) in [5.41, 5.74) is 11.9. The second kappa shape index (κ2) is 11.3. The maximum atomic E-state index is 6.14. The van der Waals surface area contributed by atoms with Gasteiger partial charge in [-0.3, -0.25) is 4.98 Å². The third-order valence-corrected chi connectivity index (χ3v) is 9.06. The monoisotopic (exact) mass is 646 g/mol. The molecule has 0 amide bonds. The fourth-order valence-electron chi connectivity index (χ4n) is 6.55. The van der Waals surface area contributed by atoms with Gasteiger partial charge in [-0.1, -0.05) is 42.5 Å². The lowest BCUT2D eigenvalue weighted by Crippen LogP contribution is -2.09. The van der Waals surface area contributed by atoms with Gasteiger partial charge in [0.05, 0.1) is 0 Å². The fourth-order valence-corrected chi connectivity index (χ4v) is 6.55. The van der Waals surface area contributed by atoms with E-state index in [-0.39, 0.29) is 0 Å². The largest absolute Gasteiger partial charge is 0.456 e. The number of pyridine rings is 1. The van der Waals surface area contributed by atoms with E-state index < -0.39 is 0 Å². The number of aromatic nitrogens is 3. The number of oxazole rings is 2. The minimum Gasteiger partial charge on any atom is -0.456 e. The van der Waals surface area contributed by atoms with Crippen LogP contribution in [0, 0.1) is 0 Å². The van der Waals surface area contributed by atoms with Crippen LogP contribution in [0.25, 0.3) is 78.2 Å². The molecule has 236 valence electrons. The van der Waals surface area contributed by atoms with E-state index in [1.165, 1.54) is 0 Å². The smallest absolute Gasteiger partial charge is 0.227 e. The summed E-state index contributed by atoms with van der Waals surface area (Å²) in [5.74, 6) is 1.18.